The smallest absolute Gasteiger partial charge is 0.232 e. The average Bonchev–Trinajstić information content (AvgIpc) is 3.20. The van der Waals surface area contributed by atoms with E-state index in [2.05, 4.69) is 53.6 Å². The minimum absolute atomic E-state index is 0.0532. The maximum atomic E-state index is 13.1. The van der Waals surface area contributed by atoms with E-state index in [0.717, 1.165) is 23.1 Å². The van der Waals surface area contributed by atoms with Gasteiger partial charge < -0.3 is 10.4 Å². The third-order valence-electron chi connectivity index (χ3n) is 5.26. The van der Waals surface area contributed by atoms with Crippen molar-refractivity contribution in [3.05, 3.63) is 59.6 Å². The second-order valence-electron chi connectivity index (χ2n) is 8.27. The number of amides is 1. The summed E-state index contributed by atoms with van der Waals surface area (Å²) in [7, 11) is 0. The zero-order valence-corrected chi connectivity index (χ0v) is 18.0. The fourth-order valence-electron chi connectivity index (χ4n) is 3.52. The van der Waals surface area contributed by atoms with Gasteiger partial charge in [0.25, 0.3) is 0 Å². The van der Waals surface area contributed by atoms with Gasteiger partial charge in [-0.3, -0.25) is 4.79 Å². The van der Waals surface area contributed by atoms with Gasteiger partial charge in [0.2, 0.25) is 11.0 Å². The van der Waals surface area contributed by atoms with E-state index in [1.165, 1.54) is 11.3 Å². The van der Waals surface area contributed by atoms with Crippen molar-refractivity contribution < 1.29 is 9.90 Å². The number of phenolic OH excluding ortho intramolecular Hbond substituents is 1. The van der Waals surface area contributed by atoms with Crippen LogP contribution in [0.5, 0.6) is 5.75 Å². The van der Waals surface area contributed by atoms with Crippen LogP contribution in [-0.4, -0.2) is 21.2 Å². The Kier molecular flexibility index (Phi) is 6.33. The average molecular weight is 410 g/mol. The minimum atomic E-state index is -0.615. The highest BCUT2D eigenvalue weighted by atomic mass is 32.1. The van der Waals surface area contributed by atoms with Gasteiger partial charge in [-0.15, -0.1) is 10.2 Å². The molecule has 152 valence electrons. The highest BCUT2D eigenvalue weighted by Gasteiger charge is 2.38. The van der Waals surface area contributed by atoms with Crippen LogP contribution < -0.4 is 5.32 Å². The number of aromatic hydroxyl groups is 1. The maximum Gasteiger partial charge on any atom is 0.232 e. The van der Waals surface area contributed by atoms with Gasteiger partial charge in [-0.05, 0) is 47.1 Å². The standard InChI is InChI=1S/C23H27N3O2S/c1-15(2)13-20(23(3,4)21(28)25-22-26-24-14-29-22)18-7-5-16(6-8-18)17-9-11-19(27)12-10-17/h5-12,14-15,20,27H,13H2,1-4H3,(H,25,26,28). The predicted octanol–water partition coefficient (Wildman–Crippen LogP) is 5.71. The number of nitrogens with zero attached hydrogens (tertiary/aromatic N) is 2. The van der Waals surface area contributed by atoms with E-state index in [1.54, 1.807) is 17.6 Å². The lowest BCUT2D eigenvalue weighted by molar-refractivity contribution is -0.125. The Hall–Kier alpha value is -2.73. The SMILES string of the molecule is CC(C)CC(c1ccc(-c2ccc(O)cc2)cc1)C(C)(C)C(=O)Nc1nncs1. The third-order valence-corrected chi connectivity index (χ3v) is 5.86. The van der Waals surface area contributed by atoms with Crippen LogP contribution in [0.2, 0.25) is 0 Å². The van der Waals surface area contributed by atoms with Gasteiger partial charge >= 0.3 is 0 Å². The van der Waals surface area contributed by atoms with E-state index in [1.807, 2.05) is 26.0 Å². The Bertz CT molecular complexity index is 933. The molecule has 1 aromatic heterocycles. The highest BCUT2D eigenvalue weighted by molar-refractivity contribution is 7.13. The molecule has 1 amide bonds. The normalized spacial score (nSPS) is 12.7. The predicted molar refractivity (Wildman–Crippen MR) is 118 cm³/mol. The topological polar surface area (TPSA) is 75.1 Å². The number of hydrogen-bond acceptors (Lipinski definition) is 5. The van der Waals surface area contributed by atoms with Crippen molar-refractivity contribution in [2.45, 2.75) is 40.0 Å². The van der Waals surface area contributed by atoms with Gasteiger partial charge in [-0.1, -0.05) is 75.4 Å². The quantitative estimate of drug-likeness (QED) is 0.524. The van der Waals surface area contributed by atoms with Crippen molar-refractivity contribution in [1.29, 1.82) is 0 Å². The summed E-state index contributed by atoms with van der Waals surface area (Å²) >= 11 is 1.32. The molecule has 0 fully saturated rings. The molecule has 6 heteroatoms. The molecule has 1 unspecified atom stereocenters. The van der Waals surface area contributed by atoms with Crippen LogP contribution >= 0.6 is 11.3 Å². The molecule has 0 aliphatic rings. The number of benzene rings is 2. The lowest BCUT2D eigenvalue weighted by Crippen LogP contribution is -2.37. The summed E-state index contributed by atoms with van der Waals surface area (Å²) in [5.74, 6) is 0.711. The Balaban J connectivity index is 1.87. The summed E-state index contributed by atoms with van der Waals surface area (Å²) in [5.41, 5.74) is 4.25. The molecule has 0 aliphatic heterocycles. The number of aromatic nitrogens is 2. The van der Waals surface area contributed by atoms with Crippen LogP contribution in [0.4, 0.5) is 5.13 Å². The zero-order valence-electron chi connectivity index (χ0n) is 17.2. The molecule has 0 saturated heterocycles. The van der Waals surface area contributed by atoms with Crippen molar-refractivity contribution in [2.75, 3.05) is 5.32 Å². The third kappa shape index (κ3) is 5.01. The number of nitrogens with one attached hydrogen (secondary N) is 1. The summed E-state index contributed by atoms with van der Waals surface area (Å²) in [4.78, 5) is 13.1. The van der Waals surface area contributed by atoms with Crippen LogP contribution in [0.15, 0.2) is 54.0 Å². The number of hydrogen-bond donors (Lipinski definition) is 2. The summed E-state index contributed by atoms with van der Waals surface area (Å²) in [6, 6.07) is 15.5. The van der Waals surface area contributed by atoms with E-state index < -0.39 is 5.41 Å². The van der Waals surface area contributed by atoms with Crippen molar-refractivity contribution >= 4 is 22.4 Å². The van der Waals surface area contributed by atoms with Crippen LogP contribution in [0.25, 0.3) is 11.1 Å². The lowest BCUT2D eigenvalue weighted by Gasteiger charge is -2.34. The van der Waals surface area contributed by atoms with Crippen LogP contribution in [-0.2, 0) is 4.79 Å². The van der Waals surface area contributed by atoms with Gasteiger partial charge in [-0.25, -0.2) is 0 Å². The Morgan fingerprint density at radius 1 is 1.07 bits per heavy atom. The Morgan fingerprint density at radius 2 is 1.66 bits per heavy atom. The number of carbonyl (C=O) groups is 1. The molecule has 2 N–H and O–H groups in total. The van der Waals surface area contributed by atoms with Crippen LogP contribution in [0.3, 0.4) is 0 Å². The number of carbonyl (C=O) groups excluding carboxylic acids is 1. The molecule has 5 nitrogen and oxygen atoms in total. The number of phenols is 1. The van der Waals surface area contributed by atoms with E-state index in [4.69, 9.17) is 0 Å². The van der Waals surface area contributed by atoms with Gasteiger partial charge in [0, 0.05) is 0 Å². The molecule has 0 radical (unpaired) electrons. The highest BCUT2D eigenvalue weighted by Crippen LogP contribution is 2.41. The van der Waals surface area contributed by atoms with Gasteiger partial charge in [0.1, 0.15) is 11.3 Å². The molecule has 1 atom stereocenters. The van der Waals surface area contributed by atoms with Gasteiger partial charge in [0.15, 0.2) is 0 Å². The lowest BCUT2D eigenvalue weighted by atomic mass is 9.70. The molecular formula is C23H27N3O2S. The minimum Gasteiger partial charge on any atom is -0.508 e. The van der Waals surface area contributed by atoms with E-state index in [9.17, 15) is 9.90 Å². The molecule has 3 rings (SSSR count). The summed E-state index contributed by atoms with van der Waals surface area (Å²) in [6.45, 7) is 8.34. The first-order valence-corrected chi connectivity index (χ1v) is 10.6. The van der Waals surface area contributed by atoms with E-state index in [-0.39, 0.29) is 17.6 Å². The second kappa shape index (κ2) is 8.74. The van der Waals surface area contributed by atoms with Gasteiger partial charge in [-0.2, -0.15) is 0 Å². The fourth-order valence-corrected chi connectivity index (χ4v) is 3.96. The maximum absolute atomic E-state index is 13.1. The first kappa shape index (κ1) is 21.0. The van der Waals surface area contributed by atoms with Crippen molar-refractivity contribution in [1.82, 2.24) is 10.2 Å². The summed E-state index contributed by atoms with van der Waals surface area (Å²) in [6.07, 6.45) is 0.898. The molecule has 29 heavy (non-hydrogen) atoms. The largest absolute Gasteiger partial charge is 0.508 e. The van der Waals surface area contributed by atoms with Crippen molar-refractivity contribution in [3.63, 3.8) is 0 Å². The van der Waals surface area contributed by atoms with Crippen molar-refractivity contribution in [3.8, 4) is 16.9 Å². The Morgan fingerprint density at radius 3 is 2.17 bits per heavy atom. The molecule has 2 aromatic carbocycles. The molecule has 0 saturated carbocycles. The zero-order chi connectivity index (χ0) is 21.0. The Labute approximate surface area is 175 Å². The number of rotatable bonds is 7. The monoisotopic (exact) mass is 409 g/mol. The fraction of sp³-hybridized carbons (Fsp3) is 0.348. The summed E-state index contributed by atoms with van der Waals surface area (Å²) < 4.78 is 0. The van der Waals surface area contributed by atoms with Gasteiger partial charge in [0.05, 0.1) is 5.41 Å². The first-order chi connectivity index (χ1) is 13.8. The molecule has 0 aliphatic carbocycles. The molecule has 0 spiro atoms. The van der Waals surface area contributed by atoms with Crippen LogP contribution in [0.1, 0.15) is 45.6 Å². The molecule has 1 heterocycles. The molecule has 0 bridgehead atoms. The summed E-state index contributed by atoms with van der Waals surface area (Å²) in [5, 5.41) is 20.6. The molecule has 3 aromatic rings. The van der Waals surface area contributed by atoms with E-state index >= 15 is 0 Å². The van der Waals surface area contributed by atoms with Crippen LogP contribution in [0, 0.1) is 11.3 Å². The molecular weight excluding hydrogens is 382 g/mol. The number of anilines is 1. The first-order valence-electron chi connectivity index (χ1n) is 9.74. The van der Waals surface area contributed by atoms with Crippen molar-refractivity contribution in [2.24, 2.45) is 11.3 Å². The van der Waals surface area contributed by atoms with E-state index in [0.29, 0.717) is 11.0 Å². The second-order valence-corrected chi connectivity index (χ2v) is 9.10.